The third-order valence-electron chi connectivity index (χ3n) is 4.57. The Morgan fingerprint density at radius 2 is 2.24 bits per heavy atom. The number of hydrogen-bond acceptors (Lipinski definition) is 4. The van der Waals surface area contributed by atoms with Gasteiger partial charge in [0.2, 0.25) is 0 Å². The molecule has 0 bridgehead atoms. The average Bonchev–Trinajstić information content (AvgIpc) is 2.97. The van der Waals surface area contributed by atoms with E-state index in [1.807, 2.05) is 0 Å². The number of piperidine rings is 1. The second-order valence-electron chi connectivity index (χ2n) is 5.67. The van der Waals surface area contributed by atoms with E-state index < -0.39 is 5.60 Å². The van der Waals surface area contributed by atoms with Gasteiger partial charge in [0, 0.05) is 12.0 Å². The van der Waals surface area contributed by atoms with Crippen LogP contribution in [0.3, 0.4) is 0 Å². The molecule has 1 aliphatic carbocycles. The maximum Gasteiger partial charge on any atom is 0.252 e. The van der Waals surface area contributed by atoms with Crippen LogP contribution in [0.5, 0.6) is 0 Å². The Kier molecular flexibility index (Phi) is 5.66. The number of rotatable bonds is 3. The molecule has 1 fully saturated rings. The minimum atomic E-state index is -0.640. The highest BCUT2D eigenvalue weighted by atomic mass is 35.5. The van der Waals surface area contributed by atoms with Crippen LogP contribution in [0.25, 0.3) is 0 Å². The monoisotopic (exact) mass is 330 g/mol. The lowest BCUT2D eigenvalue weighted by atomic mass is 9.89. The molecule has 0 aromatic carbocycles. The molecular formula is C15H23ClN2O2S. The largest absolute Gasteiger partial charge is 0.368 e. The van der Waals surface area contributed by atoms with E-state index in [1.54, 1.807) is 18.4 Å². The van der Waals surface area contributed by atoms with Gasteiger partial charge >= 0.3 is 0 Å². The molecule has 1 saturated heterocycles. The molecule has 3 rings (SSSR count). The van der Waals surface area contributed by atoms with Crippen LogP contribution in [0.1, 0.15) is 42.2 Å². The van der Waals surface area contributed by atoms with Gasteiger partial charge in [0.25, 0.3) is 5.91 Å². The van der Waals surface area contributed by atoms with E-state index in [4.69, 9.17) is 4.74 Å². The maximum atomic E-state index is 12.7. The van der Waals surface area contributed by atoms with Crippen LogP contribution in [0.2, 0.25) is 0 Å². The second-order valence-corrected chi connectivity index (χ2v) is 6.67. The van der Waals surface area contributed by atoms with E-state index in [0.717, 1.165) is 45.2 Å². The third-order valence-corrected chi connectivity index (χ3v) is 5.57. The molecule has 0 saturated carbocycles. The summed E-state index contributed by atoms with van der Waals surface area (Å²) >= 11 is 1.80. The predicted octanol–water partition coefficient (Wildman–Crippen LogP) is 2.43. The van der Waals surface area contributed by atoms with Gasteiger partial charge in [-0.05, 0) is 62.2 Å². The number of thiophene rings is 1. The number of carbonyl (C=O) groups is 1. The molecule has 118 valence electrons. The van der Waals surface area contributed by atoms with Crippen molar-refractivity contribution in [3.63, 3.8) is 0 Å². The van der Waals surface area contributed by atoms with Crippen LogP contribution >= 0.6 is 23.7 Å². The van der Waals surface area contributed by atoms with E-state index in [9.17, 15) is 4.79 Å². The van der Waals surface area contributed by atoms with Crippen LogP contribution < -0.4 is 10.6 Å². The molecule has 2 N–H and O–H groups in total. The summed E-state index contributed by atoms with van der Waals surface area (Å²) in [5.41, 5.74) is 0.675. The fourth-order valence-electron chi connectivity index (χ4n) is 3.28. The molecule has 2 heterocycles. The number of aryl methyl sites for hydroxylation is 1. The van der Waals surface area contributed by atoms with Crippen LogP contribution in [0.15, 0.2) is 11.4 Å². The summed E-state index contributed by atoms with van der Waals surface area (Å²) in [6, 6.07) is 2.32. The van der Waals surface area contributed by atoms with Crippen molar-refractivity contribution in [2.45, 2.75) is 43.7 Å². The fraction of sp³-hybridized carbons (Fsp3) is 0.667. The minimum absolute atomic E-state index is 0. The molecule has 1 atom stereocenters. The third kappa shape index (κ3) is 3.26. The molecule has 1 aliphatic heterocycles. The van der Waals surface area contributed by atoms with Gasteiger partial charge in [-0.3, -0.25) is 4.79 Å². The molecule has 6 heteroatoms. The molecular weight excluding hydrogens is 308 g/mol. The molecule has 4 nitrogen and oxygen atoms in total. The normalized spacial score (nSPS) is 23.8. The number of nitrogens with one attached hydrogen (secondary N) is 2. The Labute approximate surface area is 136 Å². The summed E-state index contributed by atoms with van der Waals surface area (Å²) in [6.45, 7) is 1.69. The number of ether oxygens (including phenoxy) is 1. The zero-order valence-electron chi connectivity index (χ0n) is 12.3. The van der Waals surface area contributed by atoms with Gasteiger partial charge in [0.15, 0.2) is 0 Å². The lowest BCUT2D eigenvalue weighted by Crippen LogP contribution is -2.54. The highest BCUT2D eigenvalue weighted by molar-refractivity contribution is 7.10. The Hall–Kier alpha value is -0.620. The number of amides is 1. The summed E-state index contributed by atoms with van der Waals surface area (Å²) in [7, 11) is 1.65. The molecule has 0 spiro atoms. The Bertz CT molecular complexity index is 486. The van der Waals surface area contributed by atoms with Crippen LogP contribution in [-0.4, -0.2) is 31.7 Å². The Morgan fingerprint density at radius 3 is 2.95 bits per heavy atom. The van der Waals surface area contributed by atoms with Gasteiger partial charge in [-0.2, -0.15) is 0 Å². The second kappa shape index (κ2) is 7.09. The SMILES string of the molecule is COC1(C(=O)NC2CCCc3sccc32)CCNCC1.Cl. The number of halogens is 1. The van der Waals surface area contributed by atoms with Gasteiger partial charge in [0.05, 0.1) is 6.04 Å². The van der Waals surface area contributed by atoms with Crippen molar-refractivity contribution in [2.75, 3.05) is 20.2 Å². The lowest BCUT2D eigenvalue weighted by Gasteiger charge is -2.36. The zero-order valence-corrected chi connectivity index (χ0v) is 13.9. The van der Waals surface area contributed by atoms with Gasteiger partial charge in [-0.1, -0.05) is 0 Å². The van der Waals surface area contributed by atoms with Crippen molar-refractivity contribution in [1.29, 1.82) is 0 Å². The highest BCUT2D eigenvalue weighted by Crippen LogP contribution is 2.34. The lowest BCUT2D eigenvalue weighted by molar-refractivity contribution is -0.147. The van der Waals surface area contributed by atoms with Crippen LogP contribution in [0.4, 0.5) is 0 Å². The molecule has 1 amide bonds. The molecule has 1 unspecified atom stereocenters. The summed E-state index contributed by atoms with van der Waals surface area (Å²) < 4.78 is 5.60. The van der Waals surface area contributed by atoms with Crippen molar-refractivity contribution >= 4 is 29.7 Å². The van der Waals surface area contributed by atoms with Crippen LogP contribution in [-0.2, 0) is 16.0 Å². The first kappa shape index (κ1) is 16.7. The predicted molar refractivity (Wildman–Crippen MR) is 87.2 cm³/mol. The van der Waals surface area contributed by atoms with E-state index in [1.165, 1.54) is 10.4 Å². The minimum Gasteiger partial charge on any atom is -0.368 e. The summed E-state index contributed by atoms with van der Waals surface area (Å²) in [5.74, 6) is 0.0607. The van der Waals surface area contributed by atoms with Gasteiger partial charge < -0.3 is 15.4 Å². The Balaban J connectivity index is 0.00000161. The first-order valence-electron chi connectivity index (χ1n) is 7.38. The molecule has 1 aromatic heterocycles. The molecule has 21 heavy (non-hydrogen) atoms. The standard InChI is InChI=1S/C15H22N2O2S.ClH/c1-19-15(6-8-16-9-7-15)14(18)17-12-3-2-4-13-11(12)5-10-20-13;/h5,10,12,16H,2-4,6-9H2,1H3,(H,17,18);1H. The van der Waals surface area contributed by atoms with Crippen molar-refractivity contribution < 1.29 is 9.53 Å². The number of fused-ring (bicyclic) bond motifs is 1. The topological polar surface area (TPSA) is 50.4 Å². The zero-order chi connectivity index (χ0) is 14.0. The summed E-state index contributed by atoms with van der Waals surface area (Å²) in [6.07, 6.45) is 4.84. The van der Waals surface area contributed by atoms with Crippen molar-refractivity contribution in [2.24, 2.45) is 0 Å². The molecule has 2 aliphatic rings. The average molecular weight is 331 g/mol. The fourth-order valence-corrected chi connectivity index (χ4v) is 4.27. The first-order valence-corrected chi connectivity index (χ1v) is 8.26. The smallest absolute Gasteiger partial charge is 0.252 e. The van der Waals surface area contributed by atoms with Crippen molar-refractivity contribution in [3.8, 4) is 0 Å². The quantitative estimate of drug-likeness (QED) is 0.895. The van der Waals surface area contributed by atoms with E-state index in [2.05, 4.69) is 22.1 Å². The number of methoxy groups -OCH3 is 1. The van der Waals surface area contributed by atoms with E-state index >= 15 is 0 Å². The Morgan fingerprint density at radius 1 is 1.48 bits per heavy atom. The van der Waals surface area contributed by atoms with E-state index in [-0.39, 0.29) is 24.4 Å². The first-order chi connectivity index (χ1) is 9.75. The van der Waals surface area contributed by atoms with Gasteiger partial charge in [0.1, 0.15) is 5.60 Å². The maximum absolute atomic E-state index is 12.7. The molecule has 0 radical (unpaired) electrons. The molecule has 1 aromatic rings. The summed E-state index contributed by atoms with van der Waals surface area (Å²) in [4.78, 5) is 14.1. The summed E-state index contributed by atoms with van der Waals surface area (Å²) in [5, 5.41) is 8.65. The van der Waals surface area contributed by atoms with Crippen LogP contribution in [0, 0.1) is 0 Å². The van der Waals surface area contributed by atoms with Crippen molar-refractivity contribution in [3.05, 3.63) is 21.9 Å². The van der Waals surface area contributed by atoms with Crippen molar-refractivity contribution in [1.82, 2.24) is 10.6 Å². The highest BCUT2D eigenvalue weighted by Gasteiger charge is 2.41. The number of hydrogen-bond donors (Lipinski definition) is 2. The van der Waals surface area contributed by atoms with Gasteiger partial charge in [-0.25, -0.2) is 0 Å². The van der Waals surface area contributed by atoms with E-state index in [0.29, 0.717) is 0 Å². The number of carbonyl (C=O) groups excluding carboxylic acids is 1. The van der Waals surface area contributed by atoms with Gasteiger partial charge in [-0.15, -0.1) is 23.7 Å².